The average Bonchev–Trinajstić information content (AvgIpc) is 3.81. The number of alkyl halides is 3. The molecule has 15 heteroatoms. The first-order valence-electron chi connectivity index (χ1n) is 17.3. The molecule has 4 heterocycles. The van der Waals surface area contributed by atoms with Crippen molar-refractivity contribution in [1.29, 1.82) is 5.26 Å². The van der Waals surface area contributed by atoms with Gasteiger partial charge in [-0.2, -0.15) is 5.26 Å². The molecule has 53 heavy (non-hydrogen) atoms. The van der Waals surface area contributed by atoms with Crippen LogP contribution in [0.5, 0.6) is 29.0 Å². The molecule has 1 saturated carbocycles. The molecule has 2 aromatic carbocycles. The zero-order valence-corrected chi connectivity index (χ0v) is 29.3. The van der Waals surface area contributed by atoms with E-state index in [0.717, 1.165) is 48.6 Å². The first-order chi connectivity index (χ1) is 25.4. The van der Waals surface area contributed by atoms with Gasteiger partial charge in [0.25, 0.3) is 5.91 Å². The minimum absolute atomic E-state index is 0.226. The van der Waals surface area contributed by atoms with Gasteiger partial charge in [-0.1, -0.05) is 19.9 Å². The van der Waals surface area contributed by atoms with Gasteiger partial charge < -0.3 is 24.4 Å². The maximum Gasteiger partial charge on any atom is 0.573 e. The van der Waals surface area contributed by atoms with E-state index in [9.17, 15) is 28.0 Å². The molecular weight excluding hydrogens is 691 g/mol. The molecule has 0 bridgehead atoms. The highest BCUT2D eigenvalue weighted by atomic mass is 19.4. The van der Waals surface area contributed by atoms with Crippen molar-refractivity contribution in [1.82, 2.24) is 20.6 Å². The van der Waals surface area contributed by atoms with Crippen molar-refractivity contribution in [2.75, 3.05) is 23.0 Å². The second-order valence-corrected chi connectivity index (χ2v) is 12.8. The van der Waals surface area contributed by atoms with E-state index >= 15 is 0 Å². The van der Waals surface area contributed by atoms with Crippen molar-refractivity contribution in [2.24, 2.45) is 0 Å². The fraction of sp³-hybridized carbons (Fsp3) is 0.342. The van der Waals surface area contributed by atoms with Crippen LogP contribution < -0.4 is 34.6 Å². The summed E-state index contributed by atoms with van der Waals surface area (Å²) in [6.07, 6.45) is 2.17. The average molecular weight is 730 g/mol. The minimum atomic E-state index is -4.75. The van der Waals surface area contributed by atoms with E-state index in [1.165, 1.54) is 25.3 Å². The Hall–Kier alpha value is -5.88. The van der Waals surface area contributed by atoms with Gasteiger partial charge in [0.2, 0.25) is 11.8 Å². The minimum Gasteiger partial charge on any atom is -0.439 e. The molecular formula is C38H38F3N7O5. The first kappa shape index (κ1) is 36.9. The monoisotopic (exact) mass is 729 g/mol. The molecule has 2 aliphatic heterocycles. The molecule has 7 rings (SSSR count). The molecule has 2 N–H and O–H groups in total. The molecule has 3 fully saturated rings. The van der Waals surface area contributed by atoms with Crippen molar-refractivity contribution < 1.29 is 37.0 Å². The topological polar surface area (TPSA) is 142 Å². The Bertz CT molecular complexity index is 1980. The molecule has 4 aromatic rings. The normalized spacial score (nSPS) is 18.2. The van der Waals surface area contributed by atoms with Gasteiger partial charge in [-0.05, 0) is 86.1 Å². The van der Waals surface area contributed by atoms with Crippen molar-refractivity contribution in [3.63, 3.8) is 0 Å². The quantitative estimate of drug-likeness (QED) is 0.156. The van der Waals surface area contributed by atoms with Gasteiger partial charge in [-0.3, -0.25) is 10.1 Å². The molecule has 3 amide bonds. The molecule has 0 spiro atoms. The Morgan fingerprint density at radius 2 is 1.57 bits per heavy atom. The summed E-state index contributed by atoms with van der Waals surface area (Å²) in [6.45, 7) is 7.18. The van der Waals surface area contributed by atoms with Gasteiger partial charge in [0.15, 0.2) is 0 Å². The number of rotatable bonds is 10. The number of hydrogen-bond donors (Lipinski definition) is 2. The Labute approximate surface area is 304 Å². The molecule has 0 unspecified atom stereocenters. The molecule has 2 aromatic heterocycles. The number of nitrogens with zero attached hydrogens (tertiary/aromatic N) is 5. The predicted molar refractivity (Wildman–Crippen MR) is 189 cm³/mol. The van der Waals surface area contributed by atoms with Crippen LogP contribution in [0.2, 0.25) is 0 Å². The summed E-state index contributed by atoms with van der Waals surface area (Å²) in [5, 5.41) is 15.3. The summed E-state index contributed by atoms with van der Waals surface area (Å²) in [6, 6.07) is 18.2. The van der Waals surface area contributed by atoms with Crippen LogP contribution in [0.3, 0.4) is 0 Å². The molecule has 0 radical (unpaired) electrons. The van der Waals surface area contributed by atoms with E-state index in [-0.39, 0.29) is 17.4 Å². The number of benzene rings is 2. The van der Waals surface area contributed by atoms with Crippen molar-refractivity contribution in [3.8, 4) is 35.1 Å². The molecule has 2 atom stereocenters. The molecule has 12 nitrogen and oxygen atoms in total. The Morgan fingerprint density at radius 3 is 2.11 bits per heavy atom. The Morgan fingerprint density at radius 1 is 0.906 bits per heavy atom. The van der Waals surface area contributed by atoms with Crippen LogP contribution in [0.1, 0.15) is 62.1 Å². The molecule has 2 saturated heterocycles. The lowest BCUT2D eigenvalue weighted by molar-refractivity contribution is -0.274. The number of nitrogens with one attached hydrogen (secondary N) is 2. The number of urea groups is 1. The number of nitriles is 1. The number of aryl methyl sites for hydroxylation is 1. The van der Waals surface area contributed by atoms with Crippen LogP contribution in [-0.4, -0.2) is 53.6 Å². The van der Waals surface area contributed by atoms with Crippen LogP contribution in [0.15, 0.2) is 73.1 Å². The van der Waals surface area contributed by atoms with Gasteiger partial charge in [-0.15, -0.1) is 13.2 Å². The summed E-state index contributed by atoms with van der Waals surface area (Å²) in [7, 11) is 0. The van der Waals surface area contributed by atoms with Crippen LogP contribution in [0.25, 0.3) is 0 Å². The molecule has 276 valence electrons. The highest BCUT2D eigenvalue weighted by Gasteiger charge is 2.38. The number of aromatic nitrogens is 2. The number of ether oxygens (including phenoxy) is 3. The van der Waals surface area contributed by atoms with Gasteiger partial charge in [0, 0.05) is 30.8 Å². The third-order valence-electron chi connectivity index (χ3n) is 8.99. The highest BCUT2D eigenvalue weighted by Crippen LogP contribution is 2.43. The van der Waals surface area contributed by atoms with Crippen LogP contribution in [0.4, 0.5) is 29.3 Å². The number of amides is 3. The number of carbonyl (C=O) groups excluding carboxylic acids is 2. The fourth-order valence-electron chi connectivity index (χ4n) is 5.90. The number of halogens is 3. The SMILES string of the molecule is CC[C@@H]1CN(c2ccc(Oc3ccc(C)c(OC(F)(F)F)c3)nc2)CN1.CC[C@H]1NC(=O)N(c2ccc(Oc3ccc(C#N)c(C4CC4)c3)nc2)C1=O. The number of hydrogen-bond acceptors (Lipinski definition) is 10. The summed E-state index contributed by atoms with van der Waals surface area (Å²) < 4.78 is 52.7. The molecule has 3 aliphatic rings. The van der Waals surface area contributed by atoms with E-state index < -0.39 is 18.4 Å². The second kappa shape index (κ2) is 15.8. The van der Waals surface area contributed by atoms with Crippen LogP contribution >= 0.6 is 0 Å². The highest BCUT2D eigenvalue weighted by molar-refractivity contribution is 6.21. The lowest BCUT2D eigenvalue weighted by Crippen LogP contribution is -2.31. The van der Waals surface area contributed by atoms with E-state index in [1.807, 2.05) is 19.1 Å². The lowest BCUT2D eigenvalue weighted by atomic mass is 10.0. The number of anilines is 2. The smallest absolute Gasteiger partial charge is 0.439 e. The van der Waals surface area contributed by atoms with Crippen molar-refractivity contribution in [3.05, 3.63) is 89.7 Å². The summed E-state index contributed by atoms with van der Waals surface area (Å²) >= 11 is 0. The summed E-state index contributed by atoms with van der Waals surface area (Å²) in [5.74, 6) is 1.35. The maximum atomic E-state index is 12.4. The summed E-state index contributed by atoms with van der Waals surface area (Å²) in [5.41, 5.74) is 3.42. The van der Waals surface area contributed by atoms with E-state index in [4.69, 9.17) is 9.47 Å². The van der Waals surface area contributed by atoms with Crippen LogP contribution in [0, 0.1) is 18.3 Å². The second-order valence-electron chi connectivity index (χ2n) is 12.8. The third-order valence-corrected chi connectivity index (χ3v) is 8.99. The zero-order valence-electron chi connectivity index (χ0n) is 29.3. The first-order valence-corrected chi connectivity index (χ1v) is 17.3. The largest absolute Gasteiger partial charge is 0.573 e. The number of imide groups is 1. The van der Waals surface area contributed by atoms with E-state index in [2.05, 4.69) is 43.2 Å². The Kier molecular flexibility index (Phi) is 11.0. The fourth-order valence-corrected chi connectivity index (χ4v) is 5.90. The van der Waals surface area contributed by atoms with Gasteiger partial charge >= 0.3 is 12.4 Å². The van der Waals surface area contributed by atoms with Gasteiger partial charge in [0.1, 0.15) is 23.3 Å². The Balaban J connectivity index is 0.000000182. The van der Waals surface area contributed by atoms with Gasteiger partial charge in [-0.25, -0.2) is 19.7 Å². The number of pyridine rings is 2. The maximum absolute atomic E-state index is 12.4. The van der Waals surface area contributed by atoms with Crippen molar-refractivity contribution >= 4 is 23.3 Å². The molecule has 1 aliphatic carbocycles. The summed E-state index contributed by atoms with van der Waals surface area (Å²) in [4.78, 5) is 36.0. The standard InChI is InChI=1S/C20H18N4O3.C18H20F3N3O2/c1-2-17-19(25)24(20(26)23-17)14-6-8-18(22-11-14)27-15-7-5-13(10-21)16(9-15)12-3-4-12;1-3-13-10-24(11-23-13)14-5-7-17(22-9-14)25-15-6-4-12(2)16(8-15)26-18(19,20)21/h5-9,11-12,17H,2-4H2,1H3,(H,23,26);4-9,13,23H,3,10-11H2,1-2H3/t17-;13-/m11/s1. The van der Waals surface area contributed by atoms with E-state index in [1.54, 1.807) is 42.6 Å². The lowest BCUT2D eigenvalue weighted by Gasteiger charge is -2.17. The van der Waals surface area contributed by atoms with Crippen molar-refractivity contribution in [2.45, 2.75) is 70.8 Å². The predicted octanol–water partition coefficient (Wildman–Crippen LogP) is 7.68. The zero-order chi connectivity index (χ0) is 37.7. The number of carbonyl (C=O) groups is 2. The third kappa shape index (κ3) is 9.14. The van der Waals surface area contributed by atoms with Gasteiger partial charge in [0.05, 0.1) is 42.1 Å². The van der Waals surface area contributed by atoms with Crippen LogP contribution in [-0.2, 0) is 4.79 Å². The van der Waals surface area contributed by atoms with E-state index in [0.29, 0.717) is 52.7 Å².